The first-order chi connectivity index (χ1) is 13.7. The van der Waals surface area contributed by atoms with Crippen molar-refractivity contribution in [3.8, 4) is 5.75 Å². The number of amides is 1. The van der Waals surface area contributed by atoms with E-state index in [-0.39, 0.29) is 11.7 Å². The zero-order chi connectivity index (χ0) is 19.3. The minimum atomic E-state index is -0.0674. The second-order valence-electron chi connectivity index (χ2n) is 6.41. The number of aromatic amines is 1. The maximum atomic E-state index is 12.3. The van der Waals surface area contributed by atoms with Crippen molar-refractivity contribution < 1.29 is 14.3 Å². The number of thioether (sulfide) groups is 1. The molecule has 0 spiro atoms. The summed E-state index contributed by atoms with van der Waals surface area (Å²) in [6, 6.07) is 13.6. The second-order valence-corrected chi connectivity index (χ2v) is 7.37. The van der Waals surface area contributed by atoms with Crippen molar-refractivity contribution in [2.45, 2.75) is 5.16 Å². The molecule has 146 valence electrons. The van der Waals surface area contributed by atoms with Crippen LogP contribution in [0, 0.1) is 0 Å². The highest BCUT2D eigenvalue weighted by Crippen LogP contribution is 2.24. The molecule has 28 heavy (non-hydrogen) atoms. The number of nitrogens with zero attached hydrogens (tertiary/aromatic N) is 2. The number of fused-ring (bicyclic) bond motifs is 1. The summed E-state index contributed by atoms with van der Waals surface area (Å²) in [7, 11) is 1.63. The molecule has 0 bridgehead atoms. The Kier molecular flexibility index (Phi) is 5.68. The minimum Gasteiger partial charge on any atom is -0.497 e. The van der Waals surface area contributed by atoms with Crippen molar-refractivity contribution in [1.29, 1.82) is 0 Å². The van der Waals surface area contributed by atoms with Crippen molar-refractivity contribution in [2.24, 2.45) is 0 Å². The number of anilines is 2. The number of methoxy groups -OCH3 is 1. The van der Waals surface area contributed by atoms with Crippen molar-refractivity contribution in [2.75, 3.05) is 49.4 Å². The van der Waals surface area contributed by atoms with Crippen LogP contribution >= 0.6 is 11.8 Å². The Morgan fingerprint density at radius 2 is 2.04 bits per heavy atom. The normalized spacial score (nSPS) is 14.2. The molecule has 1 fully saturated rings. The monoisotopic (exact) mass is 398 g/mol. The standard InChI is InChI=1S/C20H22N4O3S/c1-26-16-6-7-17-18(12-16)23-20(22-17)28-13-19(25)21-14-2-4-15(5-3-14)24-8-10-27-11-9-24/h2-7,12H,8-11,13H2,1H3,(H,21,25)(H,22,23). The Morgan fingerprint density at radius 1 is 1.25 bits per heavy atom. The predicted molar refractivity (Wildman–Crippen MR) is 111 cm³/mol. The molecule has 0 aliphatic carbocycles. The van der Waals surface area contributed by atoms with Gasteiger partial charge in [0.25, 0.3) is 0 Å². The van der Waals surface area contributed by atoms with Gasteiger partial charge in [-0.25, -0.2) is 4.98 Å². The average Bonchev–Trinajstić information content (AvgIpc) is 3.15. The maximum Gasteiger partial charge on any atom is 0.234 e. The number of carbonyl (C=O) groups excluding carboxylic acids is 1. The van der Waals surface area contributed by atoms with E-state index < -0.39 is 0 Å². The smallest absolute Gasteiger partial charge is 0.234 e. The molecular weight excluding hydrogens is 376 g/mol. The van der Waals surface area contributed by atoms with E-state index in [9.17, 15) is 4.79 Å². The fourth-order valence-corrected chi connectivity index (χ4v) is 3.75. The first-order valence-electron chi connectivity index (χ1n) is 9.10. The SMILES string of the molecule is COc1ccc2nc(SCC(=O)Nc3ccc(N4CCOCC4)cc3)[nH]c2c1. The molecule has 3 aromatic rings. The summed E-state index contributed by atoms with van der Waals surface area (Å²) in [5, 5.41) is 3.64. The number of morpholine rings is 1. The van der Waals surface area contributed by atoms with Crippen LogP contribution in [0.15, 0.2) is 47.6 Å². The van der Waals surface area contributed by atoms with Gasteiger partial charge in [0.1, 0.15) is 5.75 Å². The molecule has 2 aromatic carbocycles. The first kappa shape index (κ1) is 18.6. The third kappa shape index (κ3) is 4.40. The van der Waals surface area contributed by atoms with Gasteiger partial charge in [0.15, 0.2) is 5.16 Å². The van der Waals surface area contributed by atoms with Crippen LogP contribution in [0.5, 0.6) is 5.75 Å². The number of imidazole rings is 1. The summed E-state index contributed by atoms with van der Waals surface area (Å²) in [5.41, 5.74) is 3.67. The van der Waals surface area contributed by atoms with Crippen molar-refractivity contribution in [1.82, 2.24) is 9.97 Å². The van der Waals surface area contributed by atoms with Gasteiger partial charge in [-0.05, 0) is 36.4 Å². The van der Waals surface area contributed by atoms with E-state index in [1.165, 1.54) is 11.8 Å². The van der Waals surface area contributed by atoms with E-state index in [1.807, 2.05) is 42.5 Å². The highest BCUT2D eigenvalue weighted by Gasteiger charge is 2.12. The number of hydrogen-bond donors (Lipinski definition) is 2. The summed E-state index contributed by atoms with van der Waals surface area (Å²) in [6.07, 6.45) is 0. The second kappa shape index (κ2) is 8.53. The lowest BCUT2D eigenvalue weighted by Gasteiger charge is -2.28. The Bertz CT molecular complexity index is 952. The van der Waals surface area contributed by atoms with E-state index in [1.54, 1.807) is 7.11 Å². The molecule has 0 radical (unpaired) electrons. The number of hydrogen-bond acceptors (Lipinski definition) is 6. The number of carbonyl (C=O) groups is 1. The summed E-state index contributed by atoms with van der Waals surface area (Å²) in [5.74, 6) is 0.982. The lowest BCUT2D eigenvalue weighted by atomic mass is 10.2. The van der Waals surface area contributed by atoms with Gasteiger partial charge in [-0.15, -0.1) is 0 Å². The molecule has 1 aliphatic rings. The molecule has 1 saturated heterocycles. The number of aromatic nitrogens is 2. The topological polar surface area (TPSA) is 79.5 Å². The third-order valence-corrected chi connectivity index (χ3v) is 5.41. The largest absolute Gasteiger partial charge is 0.497 e. The Morgan fingerprint density at radius 3 is 2.79 bits per heavy atom. The molecule has 4 rings (SSSR count). The lowest BCUT2D eigenvalue weighted by Crippen LogP contribution is -2.36. The van der Waals surface area contributed by atoms with Crippen LogP contribution in [-0.2, 0) is 9.53 Å². The van der Waals surface area contributed by atoms with E-state index in [2.05, 4.69) is 20.2 Å². The summed E-state index contributed by atoms with van der Waals surface area (Å²) in [6.45, 7) is 3.30. The summed E-state index contributed by atoms with van der Waals surface area (Å²) in [4.78, 5) is 22.2. The zero-order valence-electron chi connectivity index (χ0n) is 15.6. The summed E-state index contributed by atoms with van der Waals surface area (Å²) >= 11 is 1.37. The van der Waals surface area contributed by atoms with E-state index >= 15 is 0 Å². The Hall–Kier alpha value is -2.71. The molecule has 1 aromatic heterocycles. The maximum absolute atomic E-state index is 12.3. The predicted octanol–water partition coefficient (Wildman–Crippen LogP) is 3.14. The van der Waals surface area contributed by atoms with Crippen molar-refractivity contribution >= 4 is 40.1 Å². The third-order valence-electron chi connectivity index (χ3n) is 4.53. The molecule has 1 aliphatic heterocycles. The van der Waals surface area contributed by atoms with E-state index in [0.717, 1.165) is 54.5 Å². The van der Waals surface area contributed by atoms with Crippen LogP contribution in [0.2, 0.25) is 0 Å². The van der Waals surface area contributed by atoms with Gasteiger partial charge < -0.3 is 24.7 Å². The summed E-state index contributed by atoms with van der Waals surface area (Å²) < 4.78 is 10.6. The highest BCUT2D eigenvalue weighted by molar-refractivity contribution is 7.99. The number of rotatable bonds is 6. The molecule has 0 atom stereocenters. The molecule has 2 heterocycles. The van der Waals surface area contributed by atoms with Gasteiger partial charge >= 0.3 is 0 Å². The molecule has 0 unspecified atom stereocenters. The minimum absolute atomic E-state index is 0.0674. The number of nitrogens with one attached hydrogen (secondary N) is 2. The van der Waals surface area contributed by atoms with Gasteiger partial charge in [0.05, 0.1) is 37.1 Å². The Balaban J connectivity index is 1.31. The zero-order valence-corrected chi connectivity index (χ0v) is 16.4. The van der Waals surface area contributed by atoms with Crippen LogP contribution in [-0.4, -0.2) is 55.0 Å². The van der Waals surface area contributed by atoms with Crippen LogP contribution in [0.4, 0.5) is 11.4 Å². The molecular formula is C20H22N4O3S. The number of benzene rings is 2. The first-order valence-corrected chi connectivity index (χ1v) is 10.1. The molecule has 2 N–H and O–H groups in total. The van der Waals surface area contributed by atoms with Gasteiger partial charge in [-0.1, -0.05) is 11.8 Å². The number of H-pyrrole nitrogens is 1. The lowest BCUT2D eigenvalue weighted by molar-refractivity contribution is -0.113. The van der Waals surface area contributed by atoms with Crippen LogP contribution < -0.4 is 15.0 Å². The van der Waals surface area contributed by atoms with E-state index in [4.69, 9.17) is 9.47 Å². The van der Waals surface area contributed by atoms with Crippen molar-refractivity contribution in [3.05, 3.63) is 42.5 Å². The quantitative estimate of drug-likeness (QED) is 0.621. The van der Waals surface area contributed by atoms with E-state index in [0.29, 0.717) is 5.16 Å². The van der Waals surface area contributed by atoms with Crippen LogP contribution in [0.1, 0.15) is 0 Å². The van der Waals surface area contributed by atoms with Gasteiger partial charge in [0, 0.05) is 30.5 Å². The molecule has 1 amide bonds. The van der Waals surface area contributed by atoms with Gasteiger partial charge in [-0.3, -0.25) is 4.79 Å². The Labute approximate surface area is 167 Å². The molecule has 7 nitrogen and oxygen atoms in total. The van der Waals surface area contributed by atoms with Crippen molar-refractivity contribution in [3.63, 3.8) is 0 Å². The highest BCUT2D eigenvalue weighted by atomic mass is 32.2. The average molecular weight is 398 g/mol. The van der Waals surface area contributed by atoms with Crippen LogP contribution in [0.3, 0.4) is 0 Å². The van der Waals surface area contributed by atoms with Crippen LogP contribution in [0.25, 0.3) is 11.0 Å². The fraction of sp³-hybridized carbons (Fsp3) is 0.300. The number of ether oxygens (including phenoxy) is 2. The molecule has 0 saturated carbocycles. The molecule has 8 heteroatoms. The fourth-order valence-electron chi connectivity index (χ4n) is 3.07. The van der Waals surface area contributed by atoms with Gasteiger partial charge in [-0.2, -0.15) is 0 Å². The van der Waals surface area contributed by atoms with Gasteiger partial charge in [0.2, 0.25) is 5.91 Å².